The third-order valence-corrected chi connectivity index (χ3v) is 3.99. The Balaban J connectivity index is 2.22. The van der Waals surface area contributed by atoms with Crippen molar-refractivity contribution in [1.82, 2.24) is 4.90 Å². The summed E-state index contributed by atoms with van der Waals surface area (Å²) < 4.78 is 37.6. The molecule has 1 aromatic carbocycles. The number of amides is 1. The SMILES string of the molecule is CC1CCCC(CN)N1C(=O)c1ccc(C(F)(F)F)cc1. The van der Waals surface area contributed by atoms with E-state index in [1.54, 1.807) is 4.90 Å². The first-order valence-corrected chi connectivity index (χ1v) is 7.04. The molecule has 1 fully saturated rings. The average Bonchev–Trinajstić information content (AvgIpc) is 2.45. The molecule has 2 unspecified atom stereocenters. The Morgan fingerprint density at radius 2 is 1.90 bits per heavy atom. The molecule has 1 amide bonds. The molecule has 0 spiro atoms. The first kappa shape index (κ1) is 15.8. The number of likely N-dealkylation sites (tertiary alicyclic amines) is 1. The number of alkyl halides is 3. The molecule has 116 valence electrons. The summed E-state index contributed by atoms with van der Waals surface area (Å²) >= 11 is 0. The van der Waals surface area contributed by atoms with Gasteiger partial charge in [0.2, 0.25) is 0 Å². The van der Waals surface area contributed by atoms with Gasteiger partial charge in [-0.25, -0.2) is 0 Å². The number of benzene rings is 1. The van der Waals surface area contributed by atoms with Crippen LogP contribution in [0.15, 0.2) is 24.3 Å². The second-order valence-corrected chi connectivity index (χ2v) is 5.46. The van der Waals surface area contributed by atoms with Crippen LogP contribution in [0.3, 0.4) is 0 Å². The van der Waals surface area contributed by atoms with Crippen molar-refractivity contribution in [3.05, 3.63) is 35.4 Å². The van der Waals surface area contributed by atoms with Crippen LogP contribution in [0.5, 0.6) is 0 Å². The van der Waals surface area contributed by atoms with Gasteiger partial charge in [-0.15, -0.1) is 0 Å². The van der Waals surface area contributed by atoms with E-state index in [0.29, 0.717) is 6.54 Å². The number of hydrogen-bond donors (Lipinski definition) is 1. The highest BCUT2D eigenvalue weighted by Crippen LogP contribution is 2.30. The fourth-order valence-electron chi connectivity index (χ4n) is 2.84. The molecule has 0 aliphatic carbocycles. The maximum absolute atomic E-state index is 12.5. The van der Waals surface area contributed by atoms with Crippen LogP contribution in [-0.4, -0.2) is 29.4 Å². The number of rotatable bonds is 2. The van der Waals surface area contributed by atoms with Crippen LogP contribution < -0.4 is 5.73 Å². The van der Waals surface area contributed by atoms with Gasteiger partial charge in [-0.1, -0.05) is 0 Å². The van der Waals surface area contributed by atoms with Gasteiger partial charge in [0.25, 0.3) is 5.91 Å². The van der Waals surface area contributed by atoms with Gasteiger partial charge in [0, 0.05) is 24.2 Å². The second kappa shape index (κ2) is 6.05. The van der Waals surface area contributed by atoms with E-state index in [-0.39, 0.29) is 23.6 Å². The highest BCUT2D eigenvalue weighted by atomic mass is 19.4. The molecule has 0 radical (unpaired) electrons. The van der Waals surface area contributed by atoms with Crippen molar-refractivity contribution in [2.75, 3.05) is 6.54 Å². The summed E-state index contributed by atoms with van der Waals surface area (Å²) in [6.45, 7) is 2.32. The van der Waals surface area contributed by atoms with Crippen LogP contribution in [0.1, 0.15) is 42.1 Å². The quantitative estimate of drug-likeness (QED) is 0.912. The number of nitrogens with zero attached hydrogens (tertiary/aromatic N) is 1. The molecule has 1 aliphatic heterocycles. The van der Waals surface area contributed by atoms with Crippen LogP contribution in [0.2, 0.25) is 0 Å². The lowest BCUT2D eigenvalue weighted by molar-refractivity contribution is -0.137. The van der Waals surface area contributed by atoms with E-state index in [9.17, 15) is 18.0 Å². The first-order valence-electron chi connectivity index (χ1n) is 7.04. The predicted molar refractivity (Wildman–Crippen MR) is 73.8 cm³/mol. The Morgan fingerprint density at radius 1 is 1.29 bits per heavy atom. The van der Waals surface area contributed by atoms with Gasteiger partial charge in [-0.3, -0.25) is 4.79 Å². The predicted octanol–water partition coefficient (Wildman–Crippen LogP) is 3.05. The van der Waals surface area contributed by atoms with Crippen molar-refractivity contribution in [3.8, 4) is 0 Å². The minimum absolute atomic E-state index is 0.0384. The minimum atomic E-state index is -4.39. The summed E-state index contributed by atoms with van der Waals surface area (Å²) in [7, 11) is 0. The van der Waals surface area contributed by atoms with Gasteiger partial charge < -0.3 is 10.6 Å². The lowest BCUT2D eigenvalue weighted by Gasteiger charge is -2.40. The molecule has 0 saturated carbocycles. The molecule has 21 heavy (non-hydrogen) atoms. The summed E-state index contributed by atoms with van der Waals surface area (Å²) in [6.07, 6.45) is -1.64. The normalized spacial score (nSPS) is 23.2. The molecule has 1 heterocycles. The van der Waals surface area contributed by atoms with Crippen LogP contribution in [0.25, 0.3) is 0 Å². The van der Waals surface area contributed by atoms with E-state index in [1.165, 1.54) is 12.1 Å². The lowest BCUT2D eigenvalue weighted by atomic mass is 9.95. The van der Waals surface area contributed by atoms with Crippen LogP contribution in [0, 0.1) is 0 Å². The van der Waals surface area contributed by atoms with Crippen LogP contribution >= 0.6 is 0 Å². The molecule has 1 aromatic rings. The minimum Gasteiger partial charge on any atom is -0.332 e. The summed E-state index contributed by atoms with van der Waals surface area (Å²) in [4.78, 5) is 14.2. The monoisotopic (exact) mass is 300 g/mol. The number of carbonyl (C=O) groups is 1. The van der Waals surface area contributed by atoms with Crippen molar-refractivity contribution in [2.24, 2.45) is 5.73 Å². The topological polar surface area (TPSA) is 46.3 Å². The zero-order valence-electron chi connectivity index (χ0n) is 11.9. The van der Waals surface area contributed by atoms with E-state index in [1.807, 2.05) is 6.92 Å². The molecule has 0 bridgehead atoms. The van der Waals surface area contributed by atoms with E-state index in [2.05, 4.69) is 0 Å². The van der Waals surface area contributed by atoms with Gasteiger partial charge in [0.15, 0.2) is 0 Å². The third kappa shape index (κ3) is 3.37. The van der Waals surface area contributed by atoms with Gasteiger partial charge in [0.1, 0.15) is 0 Å². The Kier molecular flexibility index (Phi) is 4.56. The molecule has 0 aromatic heterocycles. The molecule has 2 N–H and O–H groups in total. The standard InChI is InChI=1S/C15H19F3N2O/c1-10-3-2-4-13(9-19)20(10)14(21)11-5-7-12(8-6-11)15(16,17)18/h5-8,10,13H,2-4,9,19H2,1H3. The summed E-state index contributed by atoms with van der Waals surface area (Å²) in [5, 5.41) is 0. The Bertz CT molecular complexity index is 499. The molecular weight excluding hydrogens is 281 g/mol. The van der Waals surface area contributed by atoms with Gasteiger partial charge >= 0.3 is 6.18 Å². The van der Waals surface area contributed by atoms with Crippen molar-refractivity contribution in [3.63, 3.8) is 0 Å². The highest BCUT2D eigenvalue weighted by molar-refractivity contribution is 5.94. The fraction of sp³-hybridized carbons (Fsp3) is 0.533. The van der Waals surface area contributed by atoms with Crippen molar-refractivity contribution in [1.29, 1.82) is 0 Å². The van der Waals surface area contributed by atoms with Crippen molar-refractivity contribution in [2.45, 2.75) is 44.4 Å². The summed E-state index contributed by atoms with van der Waals surface area (Å²) in [5.74, 6) is -0.244. The van der Waals surface area contributed by atoms with Gasteiger partial charge in [0.05, 0.1) is 5.56 Å². The molecular formula is C15H19F3N2O. The van der Waals surface area contributed by atoms with E-state index in [0.717, 1.165) is 31.4 Å². The zero-order valence-corrected chi connectivity index (χ0v) is 11.9. The first-order chi connectivity index (χ1) is 9.84. The maximum Gasteiger partial charge on any atom is 0.416 e. The fourth-order valence-corrected chi connectivity index (χ4v) is 2.84. The molecule has 2 rings (SSSR count). The average molecular weight is 300 g/mol. The maximum atomic E-state index is 12.5. The largest absolute Gasteiger partial charge is 0.416 e. The smallest absolute Gasteiger partial charge is 0.332 e. The molecule has 6 heteroatoms. The second-order valence-electron chi connectivity index (χ2n) is 5.46. The summed E-state index contributed by atoms with van der Waals surface area (Å²) in [6, 6.07) is 4.38. The van der Waals surface area contributed by atoms with E-state index >= 15 is 0 Å². The van der Waals surface area contributed by atoms with Crippen LogP contribution in [-0.2, 0) is 6.18 Å². The number of hydrogen-bond acceptors (Lipinski definition) is 2. The molecule has 1 aliphatic rings. The zero-order chi connectivity index (χ0) is 15.6. The Labute approximate surface area is 121 Å². The number of nitrogens with two attached hydrogens (primary N) is 1. The van der Waals surface area contributed by atoms with Gasteiger partial charge in [-0.05, 0) is 50.5 Å². The van der Waals surface area contributed by atoms with Gasteiger partial charge in [-0.2, -0.15) is 13.2 Å². The number of piperidine rings is 1. The molecule has 3 nitrogen and oxygen atoms in total. The molecule has 2 atom stereocenters. The van der Waals surface area contributed by atoms with E-state index < -0.39 is 11.7 Å². The number of halogens is 3. The highest BCUT2D eigenvalue weighted by Gasteiger charge is 2.33. The Hall–Kier alpha value is -1.56. The van der Waals surface area contributed by atoms with Crippen molar-refractivity contribution < 1.29 is 18.0 Å². The van der Waals surface area contributed by atoms with Crippen molar-refractivity contribution >= 4 is 5.91 Å². The summed E-state index contributed by atoms with van der Waals surface area (Å²) in [5.41, 5.74) is 5.23. The molecule has 1 saturated heterocycles. The lowest BCUT2D eigenvalue weighted by Crippen LogP contribution is -2.51. The Morgan fingerprint density at radius 3 is 2.43 bits per heavy atom. The number of carbonyl (C=O) groups excluding carboxylic acids is 1. The van der Waals surface area contributed by atoms with Crippen LogP contribution in [0.4, 0.5) is 13.2 Å². The third-order valence-electron chi connectivity index (χ3n) is 3.99. The van der Waals surface area contributed by atoms with E-state index in [4.69, 9.17) is 5.73 Å².